The van der Waals surface area contributed by atoms with Crippen molar-refractivity contribution in [2.24, 2.45) is 0 Å². The van der Waals surface area contributed by atoms with Crippen LogP contribution in [0.1, 0.15) is 10.4 Å². The van der Waals surface area contributed by atoms with Crippen LogP contribution >= 0.6 is 11.6 Å². The van der Waals surface area contributed by atoms with Gasteiger partial charge in [-0.3, -0.25) is 4.79 Å². The largest absolute Gasteiger partial charge is 0.452 e. The Bertz CT molecular complexity index is 1220. The number of benzene rings is 2. The molecular formula is C19H13ClF2N2O5S. The fourth-order valence-electron chi connectivity index (χ4n) is 2.47. The molecule has 0 fully saturated rings. The second-order valence-electron chi connectivity index (χ2n) is 6.00. The van der Waals surface area contributed by atoms with E-state index in [9.17, 15) is 26.8 Å². The van der Waals surface area contributed by atoms with Crippen molar-refractivity contribution in [3.8, 4) is 0 Å². The van der Waals surface area contributed by atoms with E-state index in [1.165, 1.54) is 6.07 Å². The standard InChI is InChI=1S/C19H13ClF2N2O5S/c20-16-8-2-11-9-12(1-7-15(11)24-16)18(26)29-10-17(25)23-13-3-5-14(6-4-13)30(27,28)19(21)22/h1-9,19H,10H2,(H,23,25). The molecule has 0 spiro atoms. The lowest BCUT2D eigenvalue weighted by Crippen LogP contribution is -2.21. The zero-order valence-electron chi connectivity index (χ0n) is 15.0. The predicted molar refractivity (Wildman–Crippen MR) is 105 cm³/mol. The van der Waals surface area contributed by atoms with Gasteiger partial charge in [-0.2, -0.15) is 8.78 Å². The number of ether oxygens (including phenoxy) is 1. The number of carbonyl (C=O) groups is 2. The molecule has 0 unspecified atom stereocenters. The molecule has 0 aliphatic carbocycles. The average molecular weight is 455 g/mol. The number of carbonyl (C=O) groups excluding carboxylic acids is 2. The lowest BCUT2D eigenvalue weighted by Gasteiger charge is -2.08. The number of sulfone groups is 1. The number of halogens is 3. The Labute approximate surface area is 174 Å². The van der Waals surface area contributed by atoms with Crippen molar-refractivity contribution in [2.45, 2.75) is 10.7 Å². The Kier molecular flexibility index (Phi) is 6.28. The zero-order valence-corrected chi connectivity index (χ0v) is 16.6. The molecule has 3 aromatic rings. The van der Waals surface area contributed by atoms with Crippen molar-refractivity contribution in [2.75, 3.05) is 11.9 Å². The maximum atomic E-state index is 12.5. The molecule has 0 aliphatic rings. The fourth-order valence-corrected chi connectivity index (χ4v) is 3.35. The number of hydrogen-bond donors (Lipinski definition) is 1. The van der Waals surface area contributed by atoms with Crippen LogP contribution in [-0.2, 0) is 19.4 Å². The third-order valence-corrected chi connectivity index (χ3v) is 5.54. The second-order valence-corrected chi connectivity index (χ2v) is 8.30. The molecule has 1 N–H and O–H groups in total. The summed E-state index contributed by atoms with van der Waals surface area (Å²) in [5.74, 6) is -4.97. The van der Waals surface area contributed by atoms with Gasteiger partial charge < -0.3 is 10.1 Å². The minimum Gasteiger partial charge on any atom is -0.452 e. The summed E-state index contributed by atoms with van der Waals surface area (Å²) in [7, 11) is -4.72. The quantitative estimate of drug-likeness (QED) is 0.450. The fraction of sp³-hybridized carbons (Fsp3) is 0.105. The van der Waals surface area contributed by atoms with Gasteiger partial charge >= 0.3 is 11.7 Å². The highest BCUT2D eigenvalue weighted by Gasteiger charge is 2.26. The number of nitrogens with one attached hydrogen (secondary N) is 1. The van der Waals surface area contributed by atoms with Gasteiger partial charge in [0.1, 0.15) is 5.15 Å². The van der Waals surface area contributed by atoms with Gasteiger partial charge in [0.25, 0.3) is 5.91 Å². The maximum Gasteiger partial charge on any atom is 0.341 e. The van der Waals surface area contributed by atoms with E-state index in [-0.39, 0.29) is 11.3 Å². The number of nitrogens with zero attached hydrogens (tertiary/aromatic N) is 1. The Morgan fingerprint density at radius 1 is 1.07 bits per heavy atom. The molecule has 1 aromatic heterocycles. The Morgan fingerprint density at radius 3 is 2.43 bits per heavy atom. The summed E-state index contributed by atoms with van der Waals surface area (Å²) in [5.41, 5.74) is 0.952. The first-order chi connectivity index (χ1) is 14.2. The highest BCUT2D eigenvalue weighted by Crippen LogP contribution is 2.20. The van der Waals surface area contributed by atoms with Crippen LogP contribution in [0.2, 0.25) is 5.15 Å². The minimum absolute atomic E-state index is 0.151. The molecule has 7 nitrogen and oxygen atoms in total. The molecule has 2 aromatic carbocycles. The summed E-state index contributed by atoms with van der Waals surface area (Å²) in [4.78, 5) is 27.6. The summed E-state index contributed by atoms with van der Waals surface area (Å²) in [6.07, 6.45) is 0. The molecule has 30 heavy (non-hydrogen) atoms. The molecule has 3 rings (SSSR count). The molecule has 156 valence electrons. The maximum absolute atomic E-state index is 12.5. The molecule has 0 atom stereocenters. The van der Waals surface area contributed by atoms with Gasteiger partial charge in [0.2, 0.25) is 9.84 Å². The number of esters is 1. The van der Waals surface area contributed by atoms with E-state index in [0.29, 0.717) is 16.1 Å². The Balaban J connectivity index is 1.59. The van der Waals surface area contributed by atoms with Crippen LogP contribution in [0.5, 0.6) is 0 Å². The van der Waals surface area contributed by atoms with E-state index in [1.54, 1.807) is 24.3 Å². The number of anilines is 1. The Morgan fingerprint density at radius 2 is 1.77 bits per heavy atom. The van der Waals surface area contributed by atoms with Crippen LogP contribution in [0.25, 0.3) is 10.9 Å². The summed E-state index contributed by atoms with van der Waals surface area (Å²) in [6, 6.07) is 12.1. The molecule has 0 saturated carbocycles. The SMILES string of the molecule is O=C(COC(=O)c1ccc2nc(Cl)ccc2c1)Nc1ccc(S(=O)(=O)C(F)F)cc1. The van der Waals surface area contributed by atoms with Gasteiger partial charge in [0.15, 0.2) is 6.61 Å². The van der Waals surface area contributed by atoms with Gasteiger partial charge in [-0.1, -0.05) is 11.6 Å². The highest BCUT2D eigenvalue weighted by molar-refractivity contribution is 7.91. The van der Waals surface area contributed by atoms with E-state index in [2.05, 4.69) is 10.3 Å². The number of fused-ring (bicyclic) bond motifs is 1. The summed E-state index contributed by atoms with van der Waals surface area (Å²) < 4.78 is 52.7. The molecule has 1 amide bonds. The van der Waals surface area contributed by atoms with Crippen LogP contribution in [0.3, 0.4) is 0 Å². The van der Waals surface area contributed by atoms with Crippen molar-refractivity contribution in [1.82, 2.24) is 4.98 Å². The first-order valence-electron chi connectivity index (χ1n) is 8.32. The number of pyridine rings is 1. The molecule has 0 saturated heterocycles. The first-order valence-corrected chi connectivity index (χ1v) is 10.2. The van der Waals surface area contributed by atoms with Gasteiger partial charge in [0, 0.05) is 11.1 Å². The summed E-state index contributed by atoms with van der Waals surface area (Å²) in [6.45, 7) is -0.604. The number of alkyl halides is 2. The average Bonchev–Trinajstić information content (AvgIpc) is 2.72. The van der Waals surface area contributed by atoms with Gasteiger partial charge in [0.05, 0.1) is 16.0 Å². The molecule has 0 radical (unpaired) electrons. The number of rotatable bonds is 6. The van der Waals surface area contributed by atoms with E-state index in [1.807, 2.05) is 0 Å². The van der Waals surface area contributed by atoms with Crippen LogP contribution in [0, 0.1) is 0 Å². The minimum atomic E-state index is -4.72. The second kappa shape index (κ2) is 8.72. The van der Waals surface area contributed by atoms with Gasteiger partial charge in [-0.05, 0) is 54.6 Å². The van der Waals surface area contributed by atoms with Crippen LogP contribution in [-0.4, -0.2) is 37.6 Å². The van der Waals surface area contributed by atoms with Crippen molar-refractivity contribution in [1.29, 1.82) is 0 Å². The number of hydrogen-bond acceptors (Lipinski definition) is 6. The van der Waals surface area contributed by atoms with Crippen molar-refractivity contribution < 1.29 is 31.5 Å². The summed E-state index contributed by atoms with van der Waals surface area (Å²) in [5, 5.41) is 3.35. The molecule has 0 aliphatic heterocycles. The highest BCUT2D eigenvalue weighted by atomic mass is 35.5. The van der Waals surface area contributed by atoms with Crippen LogP contribution in [0.15, 0.2) is 59.5 Å². The summed E-state index contributed by atoms with van der Waals surface area (Å²) >= 11 is 5.81. The van der Waals surface area contributed by atoms with Crippen molar-refractivity contribution in [3.63, 3.8) is 0 Å². The molecule has 11 heteroatoms. The van der Waals surface area contributed by atoms with Crippen molar-refractivity contribution in [3.05, 3.63) is 65.3 Å². The number of aromatic nitrogens is 1. The lowest BCUT2D eigenvalue weighted by molar-refractivity contribution is -0.119. The third-order valence-electron chi connectivity index (χ3n) is 3.93. The molecular weight excluding hydrogens is 442 g/mol. The van der Waals surface area contributed by atoms with E-state index in [0.717, 1.165) is 24.3 Å². The van der Waals surface area contributed by atoms with Gasteiger partial charge in [-0.15, -0.1) is 0 Å². The third kappa shape index (κ3) is 4.89. The van der Waals surface area contributed by atoms with Crippen LogP contribution in [0.4, 0.5) is 14.5 Å². The molecule has 1 heterocycles. The Hall–Kier alpha value is -3.11. The van der Waals surface area contributed by atoms with Gasteiger partial charge in [-0.25, -0.2) is 18.2 Å². The van der Waals surface area contributed by atoms with E-state index in [4.69, 9.17) is 16.3 Å². The normalized spacial score (nSPS) is 11.5. The lowest BCUT2D eigenvalue weighted by atomic mass is 10.1. The molecule has 0 bridgehead atoms. The first kappa shape index (κ1) is 21.6. The van der Waals surface area contributed by atoms with Crippen molar-refractivity contribution >= 4 is 49.9 Å². The topological polar surface area (TPSA) is 102 Å². The van der Waals surface area contributed by atoms with Crippen LogP contribution < -0.4 is 5.32 Å². The van der Waals surface area contributed by atoms with E-state index >= 15 is 0 Å². The monoisotopic (exact) mass is 454 g/mol. The smallest absolute Gasteiger partial charge is 0.341 e. The number of amides is 1. The van der Waals surface area contributed by atoms with E-state index < -0.39 is 39.0 Å². The zero-order chi connectivity index (χ0) is 21.9. The predicted octanol–water partition coefficient (Wildman–Crippen LogP) is 3.68.